The molecule has 0 saturated carbocycles. The van der Waals surface area contributed by atoms with Crippen LogP contribution in [-0.4, -0.2) is 25.3 Å². The predicted octanol–water partition coefficient (Wildman–Crippen LogP) is 1.58. The average Bonchev–Trinajstić information content (AvgIpc) is 2.88. The van der Waals surface area contributed by atoms with Gasteiger partial charge in [0.1, 0.15) is 0 Å². The van der Waals surface area contributed by atoms with Crippen LogP contribution >= 0.6 is 11.8 Å². The van der Waals surface area contributed by atoms with E-state index in [2.05, 4.69) is 32.2 Å². The lowest BCUT2D eigenvalue weighted by Gasteiger charge is -2.00. The van der Waals surface area contributed by atoms with Gasteiger partial charge in [0, 0.05) is 6.42 Å². The van der Waals surface area contributed by atoms with Crippen molar-refractivity contribution in [3.8, 4) is 0 Å². The molecule has 17 heavy (non-hydrogen) atoms. The van der Waals surface area contributed by atoms with E-state index in [1.807, 2.05) is 6.92 Å². The lowest BCUT2D eigenvalue weighted by Crippen LogP contribution is -1.91. The number of aromatic nitrogens is 5. The molecule has 2 aromatic heterocycles. The molecular formula is C9H14N6OS. The summed E-state index contributed by atoms with van der Waals surface area (Å²) in [7, 11) is 0. The molecular weight excluding hydrogens is 240 g/mol. The highest BCUT2D eigenvalue weighted by molar-refractivity contribution is 7.99. The van der Waals surface area contributed by atoms with Gasteiger partial charge in [0.25, 0.3) is 0 Å². The first-order chi connectivity index (χ1) is 8.19. The van der Waals surface area contributed by atoms with Crippen molar-refractivity contribution in [2.75, 3.05) is 5.73 Å². The minimum Gasteiger partial charge on any atom is -0.368 e. The highest BCUT2D eigenvalue weighted by Gasteiger charge is 2.17. The maximum atomic E-state index is 5.44. The Bertz CT molecular complexity index is 481. The molecule has 0 fully saturated rings. The fourth-order valence-corrected chi connectivity index (χ4v) is 2.04. The van der Waals surface area contributed by atoms with Crippen molar-refractivity contribution in [2.24, 2.45) is 0 Å². The Balaban J connectivity index is 2.01. The predicted molar refractivity (Wildman–Crippen MR) is 63.4 cm³/mol. The summed E-state index contributed by atoms with van der Waals surface area (Å²) in [4.78, 5) is 8.31. The van der Waals surface area contributed by atoms with E-state index in [9.17, 15) is 0 Å². The second-order valence-corrected chi connectivity index (χ2v) is 4.87. The molecule has 1 unspecified atom stereocenters. The number of rotatable bonds is 5. The standard InChI is InChI=1S/C9H14N6OS/c1-3-4-6-11-7(16-15-6)5(2)17-9-12-8(10)13-14-9/h5H,3-4H2,1-2H3,(H3,10,12,13,14). The van der Waals surface area contributed by atoms with Gasteiger partial charge in [0.2, 0.25) is 17.0 Å². The van der Waals surface area contributed by atoms with Crippen molar-refractivity contribution in [2.45, 2.75) is 37.1 Å². The fourth-order valence-electron chi connectivity index (χ4n) is 1.28. The van der Waals surface area contributed by atoms with Crippen LogP contribution in [0.3, 0.4) is 0 Å². The minimum atomic E-state index is 0.00306. The Morgan fingerprint density at radius 3 is 2.94 bits per heavy atom. The smallest absolute Gasteiger partial charge is 0.239 e. The summed E-state index contributed by atoms with van der Waals surface area (Å²) in [5.74, 6) is 1.63. The number of nitrogens with zero attached hydrogens (tertiary/aromatic N) is 4. The van der Waals surface area contributed by atoms with E-state index in [4.69, 9.17) is 10.3 Å². The van der Waals surface area contributed by atoms with E-state index in [0.29, 0.717) is 17.0 Å². The van der Waals surface area contributed by atoms with Gasteiger partial charge in [-0.1, -0.05) is 23.8 Å². The maximum Gasteiger partial charge on any atom is 0.239 e. The molecule has 0 aliphatic carbocycles. The van der Waals surface area contributed by atoms with Crippen molar-refractivity contribution in [3.63, 3.8) is 0 Å². The number of nitrogens with one attached hydrogen (secondary N) is 1. The van der Waals surface area contributed by atoms with E-state index in [1.165, 1.54) is 11.8 Å². The monoisotopic (exact) mass is 254 g/mol. The number of H-pyrrole nitrogens is 1. The fraction of sp³-hybridized carbons (Fsp3) is 0.556. The lowest BCUT2D eigenvalue weighted by atomic mass is 10.3. The number of hydrogen-bond donors (Lipinski definition) is 2. The molecule has 0 aliphatic rings. The van der Waals surface area contributed by atoms with Gasteiger partial charge >= 0.3 is 0 Å². The zero-order chi connectivity index (χ0) is 12.3. The van der Waals surface area contributed by atoms with Crippen molar-refractivity contribution < 1.29 is 4.52 Å². The Morgan fingerprint density at radius 1 is 1.47 bits per heavy atom. The first-order valence-electron chi connectivity index (χ1n) is 5.36. The highest BCUT2D eigenvalue weighted by atomic mass is 32.2. The number of nitrogen functional groups attached to an aromatic ring is 1. The highest BCUT2D eigenvalue weighted by Crippen LogP contribution is 2.31. The summed E-state index contributed by atoms with van der Waals surface area (Å²) in [6, 6.07) is 0. The second kappa shape index (κ2) is 5.17. The topological polar surface area (TPSA) is 107 Å². The second-order valence-electron chi connectivity index (χ2n) is 3.56. The van der Waals surface area contributed by atoms with Crippen LogP contribution in [0.25, 0.3) is 0 Å². The van der Waals surface area contributed by atoms with E-state index < -0.39 is 0 Å². The molecule has 3 N–H and O–H groups in total. The van der Waals surface area contributed by atoms with E-state index in [0.717, 1.165) is 18.7 Å². The number of thioether (sulfide) groups is 1. The number of aryl methyl sites for hydroxylation is 1. The molecule has 0 spiro atoms. The Kier molecular flexibility index (Phi) is 3.62. The van der Waals surface area contributed by atoms with Gasteiger partial charge in [-0.05, 0) is 13.3 Å². The van der Waals surface area contributed by atoms with Crippen molar-refractivity contribution in [1.82, 2.24) is 25.3 Å². The maximum absolute atomic E-state index is 5.44. The largest absolute Gasteiger partial charge is 0.368 e. The third kappa shape index (κ3) is 2.96. The summed E-state index contributed by atoms with van der Waals surface area (Å²) in [6.45, 7) is 4.03. The van der Waals surface area contributed by atoms with Crippen LogP contribution in [0.4, 0.5) is 5.95 Å². The van der Waals surface area contributed by atoms with Gasteiger partial charge in [-0.2, -0.15) is 9.97 Å². The molecule has 92 valence electrons. The van der Waals surface area contributed by atoms with Gasteiger partial charge in [-0.25, -0.2) is 5.10 Å². The van der Waals surface area contributed by atoms with E-state index in [-0.39, 0.29) is 5.25 Å². The van der Waals surface area contributed by atoms with Crippen molar-refractivity contribution >= 4 is 17.7 Å². The molecule has 0 aromatic carbocycles. The molecule has 7 nitrogen and oxygen atoms in total. The van der Waals surface area contributed by atoms with Gasteiger partial charge in [0.15, 0.2) is 5.82 Å². The SMILES string of the molecule is CCCc1noc(C(C)Sc2n[nH]c(N)n2)n1. The van der Waals surface area contributed by atoms with Gasteiger partial charge in [0.05, 0.1) is 5.25 Å². The molecule has 0 bridgehead atoms. The molecule has 0 radical (unpaired) electrons. The number of anilines is 1. The summed E-state index contributed by atoms with van der Waals surface area (Å²) in [6.07, 6.45) is 1.83. The third-order valence-electron chi connectivity index (χ3n) is 2.07. The van der Waals surface area contributed by atoms with Crippen LogP contribution in [0.15, 0.2) is 9.68 Å². The van der Waals surface area contributed by atoms with Gasteiger partial charge in [-0.3, -0.25) is 0 Å². The number of aromatic amines is 1. The summed E-state index contributed by atoms with van der Waals surface area (Å²) >= 11 is 1.42. The molecule has 1 atom stereocenters. The van der Waals surface area contributed by atoms with E-state index in [1.54, 1.807) is 0 Å². The zero-order valence-corrected chi connectivity index (χ0v) is 10.5. The molecule has 2 heterocycles. The van der Waals surface area contributed by atoms with Crippen LogP contribution in [0.1, 0.15) is 37.2 Å². The first kappa shape index (κ1) is 11.9. The van der Waals surface area contributed by atoms with E-state index >= 15 is 0 Å². The lowest BCUT2D eigenvalue weighted by molar-refractivity contribution is 0.374. The van der Waals surface area contributed by atoms with Gasteiger partial charge < -0.3 is 10.3 Å². The van der Waals surface area contributed by atoms with Crippen LogP contribution < -0.4 is 5.73 Å². The molecule has 0 amide bonds. The van der Waals surface area contributed by atoms with Crippen LogP contribution in [0.5, 0.6) is 0 Å². The Morgan fingerprint density at radius 2 is 2.29 bits per heavy atom. The molecule has 0 aliphatic heterocycles. The third-order valence-corrected chi connectivity index (χ3v) is 3.02. The van der Waals surface area contributed by atoms with Crippen molar-refractivity contribution in [1.29, 1.82) is 0 Å². The molecule has 2 rings (SSSR count). The Hall–Kier alpha value is -1.57. The van der Waals surface area contributed by atoms with Crippen molar-refractivity contribution in [3.05, 3.63) is 11.7 Å². The molecule has 8 heteroatoms. The summed E-state index contributed by atoms with van der Waals surface area (Å²) in [5.41, 5.74) is 5.44. The summed E-state index contributed by atoms with van der Waals surface area (Å²) < 4.78 is 5.18. The quantitative estimate of drug-likeness (QED) is 0.780. The van der Waals surface area contributed by atoms with Crippen LogP contribution in [-0.2, 0) is 6.42 Å². The minimum absolute atomic E-state index is 0.00306. The number of hydrogen-bond acceptors (Lipinski definition) is 7. The average molecular weight is 254 g/mol. The molecule has 0 saturated heterocycles. The first-order valence-corrected chi connectivity index (χ1v) is 6.24. The normalized spacial score (nSPS) is 12.8. The van der Waals surface area contributed by atoms with Gasteiger partial charge in [-0.15, -0.1) is 5.10 Å². The molecule has 2 aromatic rings. The Labute approximate surface area is 103 Å². The summed E-state index contributed by atoms with van der Waals surface area (Å²) in [5, 5.41) is 11.0. The van der Waals surface area contributed by atoms with Crippen LogP contribution in [0, 0.1) is 0 Å². The van der Waals surface area contributed by atoms with Crippen LogP contribution in [0.2, 0.25) is 0 Å². The number of nitrogens with two attached hydrogens (primary N) is 1. The zero-order valence-electron chi connectivity index (χ0n) is 9.67.